The Morgan fingerprint density at radius 1 is 0.941 bits per heavy atom. The van der Waals surface area contributed by atoms with Gasteiger partial charge in [0.25, 0.3) is 0 Å². The highest BCUT2D eigenvalue weighted by Gasteiger charge is 1.99. The quantitative estimate of drug-likeness (QED) is 0.764. The van der Waals surface area contributed by atoms with Crippen molar-refractivity contribution in [2.75, 3.05) is 5.32 Å². The van der Waals surface area contributed by atoms with Gasteiger partial charge >= 0.3 is 0 Å². The smallest absolute Gasteiger partial charge is 0.106 e. The zero-order valence-corrected chi connectivity index (χ0v) is 9.95. The van der Waals surface area contributed by atoms with Gasteiger partial charge in [-0.25, -0.2) is 0 Å². The van der Waals surface area contributed by atoms with Crippen LogP contribution >= 0.6 is 11.7 Å². The lowest BCUT2D eigenvalue weighted by Crippen LogP contribution is -1.98. The largest absolute Gasteiger partial charge is 0.381 e. The SMILES string of the molecule is c1ccc(CNc2ccc3nsnc3c2)cc1. The summed E-state index contributed by atoms with van der Waals surface area (Å²) in [6.07, 6.45) is 0. The molecule has 3 aromatic rings. The van der Waals surface area contributed by atoms with Crippen LogP contribution in [0.2, 0.25) is 0 Å². The van der Waals surface area contributed by atoms with Gasteiger partial charge in [-0.1, -0.05) is 30.3 Å². The zero-order valence-electron chi connectivity index (χ0n) is 9.13. The molecule has 3 nitrogen and oxygen atoms in total. The maximum atomic E-state index is 4.22. The van der Waals surface area contributed by atoms with Crippen molar-refractivity contribution in [2.24, 2.45) is 0 Å². The third kappa shape index (κ3) is 2.26. The number of benzene rings is 2. The molecule has 17 heavy (non-hydrogen) atoms. The lowest BCUT2D eigenvalue weighted by Gasteiger charge is -2.05. The Balaban J connectivity index is 1.76. The molecule has 0 saturated heterocycles. The standard InChI is InChI=1S/C13H11N3S/c1-2-4-10(5-3-1)9-14-11-6-7-12-13(8-11)16-17-15-12/h1-8,14H,9H2. The van der Waals surface area contributed by atoms with Gasteiger partial charge in [-0.05, 0) is 23.8 Å². The molecule has 3 rings (SSSR count). The van der Waals surface area contributed by atoms with Crippen molar-refractivity contribution in [3.63, 3.8) is 0 Å². The minimum atomic E-state index is 0.823. The van der Waals surface area contributed by atoms with Crippen molar-refractivity contribution in [2.45, 2.75) is 6.54 Å². The second-order valence-corrected chi connectivity index (χ2v) is 4.34. The molecule has 0 aliphatic heterocycles. The third-order valence-corrected chi connectivity index (χ3v) is 3.15. The summed E-state index contributed by atoms with van der Waals surface area (Å²) in [5.74, 6) is 0. The van der Waals surface area contributed by atoms with Crippen LogP contribution in [-0.4, -0.2) is 8.75 Å². The normalized spacial score (nSPS) is 10.6. The van der Waals surface area contributed by atoms with E-state index in [-0.39, 0.29) is 0 Å². The fourth-order valence-corrected chi connectivity index (χ4v) is 2.21. The fourth-order valence-electron chi connectivity index (χ4n) is 1.69. The van der Waals surface area contributed by atoms with E-state index in [4.69, 9.17) is 0 Å². The molecule has 0 aliphatic carbocycles. The van der Waals surface area contributed by atoms with E-state index in [1.165, 1.54) is 17.3 Å². The molecule has 0 unspecified atom stereocenters. The van der Waals surface area contributed by atoms with Crippen LogP contribution in [0.25, 0.3) is 11.0 Å². The average Bonchev–Trinajstić information content (AvgIpc) is 2.85. The van der Waals surface area contributed by atoms with Gasteiger partial charge in [0.05, 0.1) is 11.7 Å². The summed E-state index contributed by atoms with van der Waals surface area (Å²) in [7, 11) is 0. The maximum Gasteiger partial charge on any atom is 0.106 e. The molecule has 84 valence electrons. The summed E-state index contributed by atoms with van der Waals surface area (Å²) in [4.78, 5) is 0. The Labute approximate surface area is 103 Å². The number of hydrogen-bond donors (Lipinski definition) is 1. The number of nitrogens with zero attached hydrogens (tertiary/aromatic N) is 2. The molecule has 0 fully saturated rings. The highest BCUT2D eigenvalue weighted by Crippen LogP contribution is 2.17. The fraction of sp³-hybridized carbons (Fsp3) is 0.0769. The van der Waals surface area contributed by atoms with E-state index in [1.54, 1.807) is 0 Å². The van der Waals surface area contributed by atoms with E-state index in [0.717, 1.165) is 23.3 Å². The Hall–Kier alpha value is -1.94. The minimum Gasteiger partial charge on any atom is -0.381 e. The van der Waals surface area contributed by atoms with Crippen LogP contribution < -0.4 is 5.32 Å². The molecule has 4 heteroatoms. The van der Waals surface area contributed by atoms with Crippen LogP contribution in [0.5, 0.6) is 0 Å². The van der Waals surface area contributed by atoms with Crippen molar-refractivity contribution >= 4 is 28.4 Å². The molecule has 1 heterocycles. The highest BCUT2D eigenvalue weighted by atomic mass is 32.1. The number of anilines is 1. The zero-order chi connectivity index (χ0) is 11.5. The predicted molar refractivity (Wildman–Crippen MR) is 71.2 cm³/mol. The van der Waals surface area contributed by atoms with Crippen molar-refractivity contribution < 1.29 is 0 Å². The molecule has 0 spiro atoms. The first kappa shape index (κ1) is 10.2. The number of nitrogens with one attached hydrogen (secondary N) is 1. The molecule has 0 bridgehead atoms. The van der Waals surface area contributed by atoms with Crippen LogP contribution in [-0.2, 0) is 6.54 Å². The maximum absolute atomic E-state index is 4.22. The van der Waals surface area contributed by atoms with Gasteiger partial charge in [-0.2, -0.15) is 8.75 Å². The van der Waals surface area contributed by atoms with Gasteiger partial charge in [0, 0.05) is 12.2 Å². The number of rotatable bonds is 3. The van der Waals surface area contributed by atoms with Crippen molar-refractivity contribution in [1.82, 2.24) is 8.75 Å². The van der Waals surface area contributed by atoms with Crippen molar-refractivity contribution in [3.05, 3.63) is 54.1 Å². The molecule has 0 aliphatic rings. The van der Waals surface area contributed by atoms with Crippen molar-refractivity contribution in [3.8, 4) is 0 Å². The van der Waals surface area contributed by atoms with E-state index >= 15 is 0 Å². The topological polar surface area (TPSA) is 37.8 Å². The first-order chi connectivity index (χ1) is 8.42. The molecule has 2 aromatic carbocycles. The van der Waals surface area contributed by atoms with Crippen molar-refractivity contribution in [1.29, 1.82) is 0 Å². The number of hydrogen-bond acceptors (Lipinski definition) is 4. The van der Waals surface area contributed by atoms with Crippen LogP contribution in [0.1, 0.15) is 5.56 Å². The van der Waals surface area contributed by atoms with Crippen LogP contribution in [0.15, 0.2) is 48.5 Å². The molecule has 0 amide bonds. The van der Waals surface area contributed by atoms with Gasteiger partial charge in [-0.15, -0.1) is 0 Å². The van der Waals surface area contributed by atoms with Crippen LogP contribution in [0.3, 0.4) is 0 Å². The van der Waals surface area contributed by atoms with E-state index in [9.17, 15) is 0 Å². The van der Waals surface area contributed by atoms with Crippen LogP contribution in [0, 0.1) is 0 Å². The number of aromatic nitrogens is 2. The molecule has 0 saturated carbocycles. The second kappa shape index (κ2) is 4.51. The average molecular weight is 241 g/mol. The molecule has 1 aromatic heterocycles. The monoisotopic (exact) mass is 241 g/mol. The third-order valence-electron chi connectivity index (χ3n) is 2.59. The summed E-state index contributed by atoms with van der Waals surface area (Å²) >= 11 is 1.25. The Kier molecular flexibility index (Phi) is 2.71. The Morgan fingerprint density at radius 2 is 1.76 bits per heavy atom. The van der Waals surface area contributed by atoms with Crippen LogP contribution in [0.4, 0.5) is 5.69 Å². The summed E-state index contributed by atoms with van der Waals surface area (Å²) in [6, 6.07) is 16.4. The second-order valence-electron chi connectivity index (χ2n) is 3.81. The lowest BCUT2D eigenvalue weighted by molar-refractivity contribution is 1.15. The van der Waals surface area contributed by atoms with Gasteiger partial charge in [0.15, 0.2) is 0 Å². The molecule has 0 radical (unpaired) electrons. The van der Waals surface area contributed by atoms with Gasteiger partial charge in [-0.3, -0.25) is 0 Å². The molecular weight excluding hydrogens is 230 g/mol. The van der Waals surface area contributed by atoms with Gasteiger partial charge < -0.3 is 5.32 Å². The summed E-state index contributed by atoms with van der Waals surface area (Å²) in [6.45, 7) is 0.823. The Bertz CT molecular complexity index is 619. The summed E-state index contributed by atoms with van der Waals surface area (Å²) in [5, 5.41) is 3.38. The lowest BCUT2D eigenvalue weighted by atomic mass is 10.2. The van der Waals surface area contributed by atoms with E-state index in [0.29, 0.717) is 0 Å². The van der Waals surface area contributed by atoms with E-state index in [1.807, 2.05) is 36.4 Å². The highest BCUT2D eigenvalue weighted by molar-refractivity contribution is 7.00. The molecule has 0 atom stereocenters. The molecular formula is C13H11N3S. The number of fused-ring (bicyclic) bond motifs is 1. The Morgan fingerprint density at radius 3 is 2.65 bits per heavy atom. The van der Waals surface area contributed by atoms with Gasteiger partial charge in [0.1, 0.15) is 11.0 Å². The molecule has 1 N–H and O–H groups in total. The van der Waals surface area contributed by atoms with Gasteiger partial charge in [0.2, 0.25) is 0 Å². The predicted octanol–water partition coefficient (Wildman–Crippen LogP) is 3.30. The summed E-state index contributed by atoms with van der Waals surface area (Å²) < 4.78 is 8.41. The minimum absolute atomic E-state index is 0.823. The first-order valence-electron chi connectivity index (χ1n) is 5.42. The van der Waals surface area contributed by atoms with E-state index < -0.39 is 0 Å². The summed E-state index contributed by atoms with van der Waals surface area (Å²) in [5.41, 5.74) is 4.26. The van der Waals surface area contributed by atoms with E-state index in [2.05, 4.69) is 26.2 Å². The first-order valence-corrected chi connectivity index (χ1v) is 6.15.